The number of nitrogens with one attached hydrogen (secondary N) is 2. The van der Waals surface area contributed by atoms with Gasteiger partial charge < -0.3 is 16.4 Å². The molecule has 1 fully saturated rings. The van der Waals surface area contributed by atoms with E-state index in [9.17, 15) is 14.9 Å². The summed E-state index contributed by atoms with van der Waals surface area (Å²) >= 11 is 0. The van der Waals surface area contributed by atoms with E-state index in [1.165, 1.54) is 18.2 Å². The summed E-state index contributed by atoms with van der Waals surface area (Å²) in [6, 6.07) is 4.23. The zero-order valence-corrected chi connectivity index (χ0v) is 12.9. The number of benzene rings is 1. The third-order valence-electron chi connectivity index (χ3n) is 3.45. The highest BCUT2D eigenvalue weighted by atomic mass is 35.5. The van der Waals surface area contributed by atoms with E-state index in [2.05, 4.69) is 15.5 Å². The molecule has 1 saturated heterocycles. The Kier molecular flexibility index (Phi) is 7.03. The smallest absolute Gasteiger partial charge is 0.292 e. The molecular formula is C13H20ClN5O3. The molecule has 0 radical (unpaired) electrons. The number of nitrogens with zero attached hydrogens (tertiary/aromatic N) is 2. The van der Waals surface area contributed by atoms with Crippen molar-refractivity contribution in [1.82, 2.24) is 15.5 Å². The number of carbonyl (C=O) groups is 1. The normalized spacial score (nSPS) is 14.9. The molecule has 0 aliphatic carbocycles. The molecule has 1 aliphatic rings. The molecule has 4 N–H and O–H groups in total. The highest BCUT2D eigenvalue weighted by Gasteiger charge is 2.19. The fourth-order valence-corrected chi connectivity index (χ4v) is 2.27. The number of piperazine rings is 1. The van der Waals surface area contributed by atoms with Crippen LogP contribution in [0.25, 0.3) is 0 Å². The summed E-state index contributed by atoms with van der Waals surface area (Å²) in [5.74, 6) is -0.383. The molecule has 0 bridgehead atoms. The minimum Gasteiger partial charge on any atom is -0.393 e. The molecule has 0 spiro atoms. The number of anilines is 1. The Morgan fingerprint density at radius 2 is 2.09 bits per heavy atom. The van der Waals surface area contributed by atoms with Crippen molar-refractivity contribution in [3.63, 3.8) is 0 Å². The number of para-hydroxylation sites is 1. The summed E-state index contributed by atoms with van der Waals surface area (Å²) in [5.41, 5.74) is 5.48. The third-order valence-corrected chi connectivity index (χ3v) is 3.45. The van der Waals surface area contributed by atoms with Gasteiger partial charge in [0.15, 0.2) is 0 Å². The van der Waals surface area contributed by atoms with Gasteiger partial charge in [0.25, 0.3) is 11.6 Å². The number of nitro groups is 1. The third kappa shape index (κ3) is 4.55. The number of rotatable bonds is 5. The van der Waals surface area contributed by atoms with Gasteiger partial charge in [0.1, 0.15) is 5.69 Å². The molecular weight excluding hydrogens is 310 g/mol. The highest BCUT2D eigenvalue weighted by Crippen LogP contribution is 2.24. The first-order valence-electron chi connectivity index (χ1n) is 6.83. The molecule has 1 aliphatic heterocycles. The van der Waals surface area contributed by atoms with Crippen molar-refractivity contribution in [3.05, 3.63) is 33.9 Å². The maximum Gasteiger partial charge on any atom is 0.292 e. The molecule has 0 aromatic heterocycles. The minimum atomic E-state index is -0.590. The van der Waals surface area contributed by atoms with Gasteiger partial charge in [0.2, 0.25) is 0 Å². The molecule has 8 nitrogen and oxygen atoms in total. The van der Waals surface area contributed by atoms with Crippen LogP contribution in [0, 0.1) is 10.1 Å². The molecule has 1 heterocycles. The average Bonchev–Trinajstić information content (AvgIpc) is 2.48. The van der Waals surface area contributed by atoms with Crippen molar-refractivity contribution < 1.29 is 9.72 Å². The molecule has 0 saturated carbocycles. The van der Waals surface area contributed by atoms with E-state index in [-0.39, 0.29) is 35.3 Å². The maximum atomic E-state index is 12.0. The monoisotopic (exact) mass is 329 g/mol. The topological polar surface area (TPSA) is 114 Å². The van der Waals surface area contributed by atoms with Crippen LogP contribution >= 0.6 is 12.4 Å². The number of halogens is 1. The Morgan fingerprint density at radius 3 is 2.73 bits per heavy atom. The summed E-state index contributed by atoms with van der Waals surface area (Å²) in [4.78, 5) is 24.5. The van der Waals surface area contributed by atoms with Gasteiger partial charge in [-0.05, 0) is 6.07 Å². The van der Waals surface area contributed by atoms with E-state index < -0.39 is 4.92 Å². The molecule has 2 rings (SSSR count). The standard InChI is InChI=1S/C13H19N5O3.ClH/c14-12-10(2-1-3-11(12)18(20)21)13(19)16-6-9-17-7-4-15-5-8-17;/h1-3,15H,4-9,14H2,(H,16,19);1H. The number of nitrogen functional groups attached to an aromatic ring is 1. The first kappa shape index (κ1) is 18.1. The van der Waals surface area contributed by atoms with Gasteiger partial charge in [0, 0.05) is 45.3 Å². The second-order valence-corrected chi connectivity index (χ2v) is 4.84. The van der Waals surface area contributed by atoms with Crippen LogP contribution in [0.1, 0.15) is 10.4 Å². The van der Waals surface area contributed by atoms with Gasteiger partial charge >= 0.3 is 0 Å². The first-order valence-corrected chi connectivity index (χ1v) is 6.83. The molecule has 1 aromatic rings. The zero-order chi connectivity index (χ0) is 15.2. The molecule has 9 heteroatoms. The summed E-state index contributed by atoms with van der Waals surface area (Å²) in [5, 5.41) is 16.8. The van der Waals surface area contributed by atoms with Crippen LogP contribution in [0.5, 0.6) is 0 Å². The molecule has 22 heavy (non-hydrogen) atoms. The molecule has 0 unspecified atom stereocenters. The lowest BCUT2D eigenvalue weighted by molar-refractivity contribution is -0.383. The number of hydrogen-bond acceptors (Lipinski definition) is 6. The largest absolute Gasteiger partial charge is 0.393 e. The number of carbonyl (C=O) groups excluding carboxylic acids is 1. The molecule has 0 atom stereocenters. The Hall–Kier alpha value is -1.90. The second-order valence-electron chi connectivity index (χ2n) is 4.84. The second kappa shape index (κ2) is 8.52. The number of hydrogen-bond donors (Lipinski definition) is 3. The predicted octanol–water partition coefficient (Wildman–Crippen LogP) is 0.234. The quantitative estimate of drug-likeness (QED) is 0.405. The minimum absolute atomic E-state index is 0. The van der Waals surface area contributed by atoms with E-state index in [4.69, 9.17) is 5.73 Å². The average molecular weight is 330 g/mol. The highest BCUT2D eigenvalue weighted by molar-refractivity contribution is 6.00. The fraction of sp³-hybridized carbons (Fsp3) is 0.462. The number of amides is 1. The summed E-state index contributed by atoms with van der Waals surface area (Å²) in [6.45, 7) is 5.05. The molecule has 122 valence electrons. The molecule has 1 amide bonds. The van der Waals surface area contributed by atoms with Crippen molar-refractivity contribution in [3.8, 4) is 0 Å². The van der Waals surface area contributed by atoms with Gasteiger partial charge in [-0.2, -0.15) is 0 Å². The van der Waals surface area contributed by atoms with E-state index >= 15 is 0 Å². The lowest BCUT2D eigenvalue weighted by Gasteiger charge is -2.27. The lowest BCUT2D eigenvalue weighted by Crippen LogP contribution is -2.46. The first-order chi connectivity index (χ1) is 10.1. The summed E-state index contributed by atoms with van der Waals surface area (Å²) < 4.78 is 0. The zero-order valence-electron chi connectivity index (χ0n) is 12.1. The Balaban J connectivity index is 0.00000242. The van der Waals surface area contributed by atoms with Crippen molar-refractivity contribution in [2.45, 2.75) is 0 Å². The van der Waals surface area contributed by atoms with Gasteiger partial charge in [-0.25, -0.2) is 0 Å². The van der Waals surface area contributed by atoms with Gasteiger partial charge in [0.05, 0.1) is 10.5 Å². The van der Waals surface area contributed by atoms with Gasteiger partial charge in [-0.1, -0.05) is 6.07 Å². The van der Waals surface area contributed by atoms with Crippen LogP contribution < -0.4 is 16.4 Å². The van der Waals surface area contributed by atoms with Crippen LogP contribution in [0.3, 0.4) is 0 Å². The van der Waals surface area contributed by atoms with E-state index in [0.717, 1.165) is 32.7 Å². The Labute approximate surface area is 134 Å². The maximum absolute atomic E-state index is 12.0. The van der Waals surface area contributed by atoms with E-state index in [1.807, 2.05) is 0 Å². The Morgan fingerprint density at radius 1 is 1.41 bits per heavy atom. The van der Waals surface area contributed by atoms with E-state index in [1.54, 1.807) is 0 Å². The van der Waals surface area contributed by atoms with Gasteiger partial charge in [-0.15, -0.1) is 12.4 Å². The van der Waals surface area contributed by atoms with Crippen molar-refractivity contribution in [2.75, 3.05) is 45.0 Å². The van der Waals surface area contributed by atoms with E-state index in [0.29, 0.717) is 6.54 Å². The van der Waals surface area contributed by atoms with Gasteiger partial charge in [-0.3, -0.25) is 19.8 Å². The number of nitrogens with two attached hydrogens (primary N) is 1. The van der Waals surface area contributed by atoms with Crippen molar-refractivity contribution >= 4 is 29.7 Å². The Bertz CT molecular complexity index is 534. The fourth-order valence-electron chi connectivity index (χ4n) is 2.27. The van der Waals surface area contributed by atoms with Crippen LogP contribution in [0.15, 0.2) is 18.2 Å². The van der Waals surface area contributed by atoms with Crippen molar-refractivity contribution in [2.24, 2.45) is 0 Å². The summed E-state index contributed by atoms with van der Waals surface area (Å²) in [7, 11) is 0. The SMILES string of the molecule is Cl.Nc1c(C(=O)NCCN2CCNCC2)cccc1[N+](=O)[O-]. The lowest BCUT2D eigenvalue weighted by atomic mass is 10.1. The predicted molar refractivity (Wildman–Crippen MR) is 86.4 cm³/mol. The van der Waals surface area contributed by atoms with Crippen LogP contribution in [-0.4, -0.2) is 55.0 Å². The number of nitro benzene ring substituents is 1. The molecule has 1 aromatic carbocycles. The van der Waals surface area contributed by atoms with Crippen LogP contribution in [0.4, 0.5) is 11.4 Å². The van der Waals surface area contributed by atoms with Crippen molar-refractivity contribution in [1.29, 1.82) is 0 Å². The van der Waals surface area contributed by atoms with Crippen LogP contribution in [-0.2, 0) is 0 Å². The van der Waals surface area contributed by atoms with Crippen LogP contribution in [0.2, 0.25) is 0 Å². The summed E-state index contributed by atoms with van der Waals surface area (Å²) in [6.07, 6.45) is 0.